The van der Waals surface area contributed by atoms with Crippen LogP contribution in [0.4, 0.5) is 0 Å². The number of nitrogens with zero attached hydrogens (tertiary/aromatic N) is 2. The Kier molecular flexibility index (Phi) is 3.93. The smallest absolute Gasteiger partial charge is 0.177 e. The summed E-state index contributed by atoms with van der Waals surface area (Å²) in [4.78, 5) is 11.8. The van der Waals surface area contributed by atoms with Gasteiger partial charge in [0.25, 0.3) is 0 Å². The van der Waals surface area contributed by atoms with E-state index in [0.29, 0.717) is 12.0 Å². The molecule has 0 fully saturated rings. The molecule has 0 bridgehead atoms. The molecule has 0 unspecified atom stereocenters. The molecule has 1 heterocycles. The van der Waals surface area contributed by atoms with Crippen LogP contribution in [-0.4, -0.2) is 11.4 Å². The fourth-order valence-electron chi connectivity index (χ4n) is 1.76. The molecule has 4 nitrogen and oxygen atoms in total. The third kappa shape index (κ3) is 2.28. The Morgan fingerprint density at radius 1 is 1.39 bits per heavy atom. The van der Waals surface area contributed by atoms with Crippen LogP contribution < -0.4 is 0 Å². The summed E-state index contributed by atoms with van der Waals surface area (Å²) >= 11 is 0. The summed E-state index contributed by atoms with van der Waals surface area (Å²) in [5.74, 6) is -0.130. The Hall–Kier alpha value is -2.07. The van der Waals surface area contributed by atoms with E-state index in [1.54, 1.807) is 6.92 Å². The van der Waals surface area contributed by atoms with Gasteiger partial charge in [-0.2, -0.15) is 10.5 Å². The van der Waals surface area contributed by atoms with Gasteiger partial charge in [0.15, 0.2) is 11.5 Å². The number of ether oxygens (including phenoxy) is 1. The highest BCUT2D eigenvalue weighted by molar-refractivity contribution is 6.00. The van der Waals surface area contributed by atoms with Crippen LogP contribution in [-0.2, 0) is 9.53 Å². The summed E-state index contributed by atoms with van der Waals surface area (Å²) in [5.41, 5.74) is 0.367. The number of allylic oxidation sites excluding steroid dienone is 2. The van der Waals surface area contributed by atoms with Crippen molar-refractivity contribution in [3.63, 3.8) is 0 Å². The highest BCUT2D eigenvalue weighted by Gasteiger charge is 2.38. The topological polar surface area (TPSA) is 73.9 Å². The van der Waals surface area contributed by atoms with Gasteiger partial charge in [0.05, 0.1) is 5.57 Å². The van der Waals surface area contributed by atoms with Crippen molar-refractivity contribution < 1.29 is 9.53 Å². The van der Waals surface area contributed by atoms with Gasteiger partial charge in [-0.1, -0.05) is 6.92 Å². The van der Waals surface area contributed by atoms with Crippen molar-refractivity contribution in [1.29, 1.82) is 10.5 Å². The van der Waals surface area contributed by atoms with E-state index in [1.165, 1.54) is 0 Å². The average Bonchev–Trinajstić information content (AvgIpc) is 2.51. The summed E-state index contributed by atoms with van der Waals surface area (Å²) in [5, 5.41) is 18.3. The average molecular weight is 244 g/mol. The lowest BCUT2D eigenvalue weighted by Crippen LogP contribution is -2.20. The lowest BCUT2D eigenvalue weighted by molar-refractivity contribution is -0.115. The number of carbonyl (C=O) groups is 1. The van der Waals surface area contributed by atoms with Crippen LogP contribution in [0.5, 0.6) is 0 Å². The van der Waals surface area contributed by atoms with Crippen LogP contribution in [0.25, 0.3) is 0 Å². The zero-order chi connectivity index (χ0) is 13.9. The monoisotopic (exact) mass is 244 g/mol. The first-order valence-electron chi connectivity index (χ1n) is 5.87. The molecule has 0 aromatic rings. The minimum absolute atomic E-state index is 0.0432. The third-order valence-corrected chi connectivity index (χ3v) is 3.07. The van der Waals surface area contributed by atoms with Gasteiger partial charge < -0.3 is 4.74 Å². The second-order valence-electron chi connectivity index (χ2n) is 4.71. The Balaban J connectivity index is 3.38. The molecule has 0 atom stereocenters. The van der Waals surface area contributed by atoms with Crippen molar-refractivity contribution in [2.45, 2.75) is 46.1 Å². The van der Waals surface area contributed by atoms with Crippen molar-refractivity contribution in [2.75, 3.05) is 0 Å². The molecular formula is C14H16N2O2. The minimum Gasteiger partial charge on any atom is -0.481 e. The Bertz CT molecular complexity index is 525. The summed E-state index contributed by atoms with van der Waals surface area (Å²) in [6, 6.07) is 3.90. The second kappa shape index (κ2) is 5.06. The van der Waals surface area contributed by atoms with Crippen LogP contribution in [0.2, 0.25) is 0 Å². The number of hydrogen-bond donors (Lipinski definition) is 0. The highest BCUT2D eigenvalue weighted by atomic mass is 16.5. The molecular weight excluding hydrogens is 228 g/mol. The zero-order valence-electron chi connectivity index (χ0n) is 11.1. The van der Waals surface area contributed by atoms with Crippen molar-refractivity contribution in [3.8, 4) is 12.1 Å². The van der Waals surface area contributed by atoms with Gasteiger partial charge in [-0.05, 0) is 32.8 Å². The first-order chi connectivity index (χ1) is 8.38. The molecule has 4 heteroatoms. The largest absolute Gasteiger partial charge is 0.481 e. The van der Waals surface area contributed by atoms with Crippen molar-refractivity contribution in [3.05, 3.63) is 22.5 Å². The lowest BCUT2D eigenvalue weighted by Gasteiger charge is -2.20. The van der Waals surface area contributed by atoms with Crippen molar-refractivity contribution in [1.82, 2.24) is 0 Å². The van der Waals surface area contributed by atoms with Crippen molar-refractivity contribution >= 4 is 5.78 Å². The highest BCUT2D eigenvalue weighted by Crippen LogP contribution is 2.39. The van der Waals surface area contributed by atoms with E-state index >= 15 is 0 Å². The van der Waals surface area contributed by atoms with Gasteiger partial charge in [-0.3, -0.25) is 4.79 Å². The number of carbonyl (C=O) groups excluding carboxylic acids is 1. The number of nitriles is 2. The Morgan fingerprint density at radius 2 is 2.00 bits per heavy atom. The third-order valence-electron chi connectivity index (χ3n) is 3.07. The number of Topliss-reactive ketones (excluding diaryl/α,β-unsaturated/α-hetero) is 1. The van der Waals surface area contributed by atoms with Gasteiger partial charge in [0.1, 0.15) is 23.3 Å². The van der Waals surface area contributed by atoms with Crippen LogP contribution in [0, 0.1) is 22.7 Å². The van der Waals surface area contributed by atoms with E-state index < -0.39 is 5.60 Å². The predicted molar refractivity (Wildman–Crippen MR) is 66.0 cm³/mol. The maximum Gasteiger partial charge on any atom is 0.177 e. The Labute approximate surface area is 107 Å². The molecule has 0 saturated heterocycles. The normalized spacial score (nSPS) is 19.9. The van der Waals surface area contributed by atoms with Gasteiger partial charge >= 0.3 is 0 Å². The molecule has 1 rings (SSSR count). The van der Waals surface area contributed by atoms with E-state index in [0.717, 1.165) is 5.57 Å². The maximum absolute atomic E-state index is 11.8. The summed E-state index contributed by atoms with van der Waals surface area (Å²) in [7, 11) is 0. The van der Waals surface area contributed by atoms with Gasteiger partial charge in [0, 0.05) is 6.42 Å². The predicted octanol–water partition coefficient (Wildman–Crippen LogP) is 2.78. The fourth-order valence-corrected chi connectivity index (χ4v) is 1.76. The molecule has 1 aliphatic heterocycles. The minimum atomic E-state index is -0.644. The first kappa shape index (κ1) is 14.0. The standard InChI is InChI=1S/C14H16N2O2/c1-5-6-12(17)11(8-16)13-10(7-15)9(2)14(3,4)18-13/h5-6H2,1-4H3/b13-11+. The Morgan fingerprint density at radius 3 is 2.44 bits per heavy atom. The summed E-state index contributed by atoms with van der Waals surface area (Å²) < 4.78 is 5.62. The van der Waals surface area contributed by atoms with E-state index in [2.05, 4.69) is 0 Å². The lowest BCUT2D eigenvalue weighted by atomic mass is 9.96. The molecule has 0 saturated carbocycles. The van der Waals surface area contributed by atoms with E-state index in [4.69, 9.17) is 15.3 Å². The van der Waals surface area contributed by atoms with Crippen LogP contribution in [0.15, 0.2) is 22.5 Å². The van der Waals surface area contributed by atoms with Gasteiger partial charge in [-0.15, -0.1) is 0 Å². The number of ketones is 1. The number of rotatable bonds is 3. The fraction of sp³-hybridized carbons (Fsp3) is 0.500. The molecule has 0 aromatic heterocycles. The van der Waals surface area contributed by atoms with E-state index in [9.17, 15) is 4.79 Å². The second-order valence-corrected chi connectivity index (χ2v) is 4.71. The van der Waals surface area contributed by atoms with E-state index in [-0.39, 0.29) is 23.5 Å². The van der Waals surface area contributed by atoms with Crippen LogP contribution in [0.1, 0.15) is 40.5 Å². The van der Waals surface area contributed by atoms with Gasteiger partial charge in [-0.25, -0.2) is 0 Å². The van der Waals surface area contributed by atoms with Crippen LogP contribution >= 0.6 is 0 Å². The number of hydrogen-bond acceptors (Lipinski definition) is 4. The van der Waals surface area contributed by atoms with Crippen molar-refractivity contribution in [2.24, 2.45) is 0 Å². The molecule has 1 aliphatic rings. The zero-order valence-corrected chi connectivity index (χ0v) is 11.1. The maximum atomic E-state index is 11.8. The SMILES string of the molecule is CCCC(=O)/C(C#N)=C1/OC(C)(C)C(C)=C1C#N. The summed E-state index contributed by atoms with van der Waals surface area (Å²) in [6.07, 6.45) is 0.944. The van der Waals surface area contributed by atoms with Crippen LogP contribution in [0.3, 0.4) is 0 Å². The molecule has 18 heavy (non-hydrogen) atoms. The molecule has 0 N–H and O–H groups in total. The molecule has 0 aromatic carbocycles. The molecule has 0 amide bonds. The quantitative estimate of drug-likeness (QED) is 0.565. The summed E-state index contributed by atoms with van der Waals surface area (Å²) in [6.45, 7) is 7.27. The first-order valence-corrected chi connectivity index (χ1v) is 5.87. The molecule has 0 radical (unpaired) electrons. The van der Waals surface area contributed by atoms with E-state index in [1.807, 2.05) is 32.9 Å². The van der Waals surface area contributed by atoms with Gasteiger partial charge in [0.2, 0.25) is 0 Å². The molecule has 0 aliphatic carbocycles. The molecule has 0 spiro atoms. The molecule has 94 valence electrons.